The van der Waals surface area contributed by atoms with Crippen LogP contribution in [0.3, 0.4) is 0 Å². The van der Waals surface area contributed by atoms with Gasteiger partial charge in [-0.15, -0.1) is 0 Å². The fraction of sp³-hybridized carbons (Fsp3) is 0.207. The third kappa shape index (κ3) is 4.05. The number of nitrogens with one attached hydrogen (secondary N) is 1. The third-order valence-corrected chi connectivity index (χ3v) is 7.06. The molecule has 4 aromatic rings. The van der Waals surface area contributed by atoms with E-state index in [0.717, 1.165) is 39.5 Å². The molecule has 5 rings (SSSR count). The minimum Gasteiger partial charge on any atom is -0.478 e. The number of para-hydroxylation sites is 1. The molecule has 2 N–H and O–H groups in total. The Balaban J connectivity index is 1.72. The van der Waals surface area contributed by atoms with Gasteiger partial charge in [-0.25, -0.2) is 4.79 Å². The van der Waals surface area contributed by atoms with Gasteiger partial charge in [0.15, 0.2) is 5.11 Å². The molecule has 1 aliphatic rings. The number of anilines is 1. The number of aryl methyl sites for hydroxylation is 3. The first-order valence-electron chi connectivity index (χ1n) is 11.9. The Morgan fingerprint density at radius 2 is 1.67 bits per heavy atom. The lowest BCUT2D eigenvalue weighted by molar-refractivity contribution is 0.0697. The van der Waals surface area contributed by atoms with Crippen molar-refractivity contribution in [1.29, 1.82) is 0 Å². The van der Waals surface area contributed by atoms with Gasteiger partial charge in [0.1, 0.15) is 0 Å². The topological polar surface area (TPSA) is 70.4 Å². The average Bonchev–Trinajstić information content (AvgIpc) is 3.34. The Kier molecular flexibility index (Phi) is 6.10. The normalized spacial score (nSPS) is 17.3. The van der Waals surface area contributed by atoms with Crippen molar-refractivity contribution in [2.75, 3.05) is 4.90 Å². The highest BCUT2D eigenvalue weighted by atomic mass is 32.1. The lowest BCUT2D eigenvalue weighted by atomic mass is 9.96. The second-order valence-electron chi connectivity index (χ2n) is 9.33. The monoisotopic (exact) mass is 496 g/mol. The summed E-state index contributed by atoms with van der Waals surface area (Å²) in [7, 11) is 0. The van der Waals surface area contributed by atoms with Gasteiger partial charge < -0.3 is 19.9 Å². The molecule has 1 fully saturated rings. The Morgan fingerprint density at radius 3 is 2.33 bits per heavy atom. The van der Waals surface area contributed by atoms with Crippen LogP contribution in [0, 0.1) is 27.7 Å². The molecule has 0 saturated carbocycles. The zero-order chi connectivity index (χ0) is 25.6. The quantitative estimate of drug-likeness (QED) is 0.331. The zero-order valence-electron chi connectivity index (χ0n) is 20.7. The van der Waals surface area contributed by atoms with Gasteiger partial charge in [-0.1, -0.05) is 24.3 Å². The highest BCUT2D eigenvalue weighted by Crippen LogP contribution is 2.44. The fourth-order valence-electron chi connectivity index (χ4n) is 5.35. The molecule has 2 aromatic carbocycles. The van der Waals surface area contributed by atoms with Crippen molar-refractivity contribution in [2.45, 2.75) is 39.8 Å². The summed E-state index contributed by atoms with van der Waals surface area (Å²) < 4.78 is 2.02. The number of benzene rings is 2. The molecule has 1 aliphatic heterocycles. The molecule has 0 amide bonds. The van der Waals surface area contributed by atoms with Gasteiger partial charge in [0.2, 0.25) is 0 Å². The summed E-state index contributed by atoms with van der Waals surface area (Å²) in [5, 5.41) is 14.0. The summed E-state index contributed by atoms with van der Waals surface area (Å²) >= 11 is 5.90. The summed E-state index contributed by atoms with van der Waals surface area (Å²) in [6.45, 7) is 8.22. The van der Waals surface area contributed by atoms with E-state index in [1.54, 1.807) is 18.3 Å². The van der Waals surface area contributed by atoms with E-state index in [1.807, 2.05) is 48.7 Å². The molecule has 3 heterocycles. The second kappa shape index (κ2) is 9.24. The first-order valence-corrected chi connectivity index (χ1v) is 12.3. The van der Waals surface area contributed by atoms with Crippen LogP contribution in [0.2, 0.25) is 0 Å². The van der Waals surface area contributed by atoms with Gasteiger partial charge in [-0.05, 0) is 99.1 Å². The molecule has 0 radical (unpaired) electrons. The molecule has 0 spiro atoms. The number of aromatic nitrogens is 2. The van der Waals surface area contributed by atoms with E-state index in [2.05, 4.69) is 53.3 Å². The Labute approximate surface area is 216 Å². The first-order chi connectivity index (χ1) is 17.3. The number of carbonyl (C=O) groups is 1. The predicted molar refractivity (Wildman–Crippen MR) is 146 cm³/mol. The van der Waals surface area contributed by atoms with Crippen molar-refractivity contribution in [1.82, 2.24) is 14.9 Å². The standard InChI is InChI=1S/C29H28N4O2S/c1-17-13-18(2)15-21(14-17)33-27(26(31-29(33)36)24-10-7-8-12-30-24)23-16-19(3)32(20(23)4)25-11-6-5-9-22(25)28(34)35/h5-16,26-27H,1-4H3,(H,31,36)(H,34,35)/t26-,27-/m1/s1. The molecule has 0 unspecified atom stereocenters. The molecule has 2 aromatic heterocycles. The van der Waals surface area contributed by atoms with Crippen molar-refractivity contribution in [3.63, 3.8) is 0 Å². The van der Waals surface area contributed by atoms with Crippen LogP contribution < -0.4 is 10.2 Å². The van der Waals surface area contributed by atoms with Gasteiger partial charge in [0.25, 0.3) is 0 Å². The summed E-state index contributed by atoms with van der Waals surface area (Å²) in [6, 6.07) is 21.2. The lowest BCUT2D eigenvalue weighted by Crippen LogP contribution is -2.29. The van der Waals surface area contributed by atoms with Crippen molar-refractivity contribution < 1.29 is 9.90 Å². The summed E-state index contributed by atoms with van der Waals surface area (Å²) in [5.74, 6) is -0.952. The number of hydrogen-bond acceptors (Lipinski definition) is 3. The summed E-state index contributed by atoms with van der Waals surface area (Å²) in [6.07, 6.45) is 1.79. The maximum atomic E-state index is 12.0. The van der Waals surface area contributed by atoms with E-state index in [1.165, 1.54) is 0 Å². The van der Waals surface area contributed by atoms with Crippen LogP contribution in [-0.2, 0) is 0 Å². The van der Waals surface area contributed by atoms with E-state index in [4.69, 9.17) is 12.2 Å². The van der Waals surface area contributed by atoms with Crippen molar-refractivity contribution >= 4 is 29.0 Å². The van der Waals surface area contributed by atoms with Crippen LogP contribution in [-0.4, -0.2) is 25.7 Å². The number of nitrogens with zero attached hydrogens (tertiary/aromatic N) is 3. The van der Waals surface area contributed by atoms with Crippen molar-refractivity contribution in [2.24, 2.45) is 0 Å². The molecule has 0 bridgehead atoms. The Bertz CT molecular complexity index is 1460. The van der Waals surface area contributed by atoms with Crippen LogP contribution in [0.15, 0.2) is 72.9 Å². The number of thiocarbonyl (C=S) groups is 1. The molecular formula is C29H28N4O2S. The average molecular weight is 497 g/mol. The van der Waals surface area contributed by atoms with Crippen LogP contribution in [0.25, 0.3) is 5.69 Å². The SMILES string of the molecule is Cc1cc(C)cc(N2C(=S)N[C@H](c3ccccn3)[C@H]2c2cc(C)n(-c3ccccc3C(=O)O)c2C)c1. The van der Waals surface area contributed by atoms with Crippen molar-refractivity contribution in [3.8, 4) is 5.69 Å². The molecule has 182 valence electrons. The molecule has 7 heteroatoms. The van der Waals surface area contributed by atoms with Gasteiger partial charge >= 0.3 is 5.97 Å². The number of carboxylic acid groups (broad SMARTS) is 1. The lowest BCUT2D eigenvalue weighted by Gasteiger charge is -2.29. The van der Waals surface area contributed by atoms with Gasteiger partial charge in [0.05, 0.1) is 29.0 Å². The highest BCUT2D eigenvalue weighted by Gasteiger charge is 2.42. The summed E-state index contributed by atoms with van der Waals surface area (Å²) in [4.78, 5) is 18.8. The van der Waals surface area contributed by atoms with Crippen LogP contribution >= 0.6 is 12.2 Å². The number of hydrogen-bond donors (Lipinski definition) is 2. The van der Waals surface area contributed by atoms with Gasteiger partial charge in [-0.2, -0.15) is 0 Å². The molecule has 36 heavy (non-hydrogen) atoms. The Morgan fingerprint density at radius 1 is 0.972 bits per heavy atom. The smallest absolute Gasteiger partial charge is 0.337 e. The van der Waals surface area contributed by atoms with E-state index >= 15 is 0 Å². The highest BCUT2D eigenvalue weighted by molar-refractivity contribution is 7.80. The molecule has 0 aliphatic carbocycles. The summed E-state index contributed by atoms with van der Waals surface area (Å²) in [5.41, 5.74) is 8.13. The maximum Gasteiger partial charge on any atom is 0.337 e. The predicted octanol–water partition coefficient (Wildman–Crippen LogP) is 5.98. The van der Waals surface area contributed by atoms with E-state index < -0.39 is 5.97 Å². The minimum absolute atomic E-state index is 0.175. The van der Waals surface area contributed by atoms with Gasteiger partial charge in [0, 0.05) is 23.3 Å². The maximum absolute atomic E-state index is 12.0. The minimum atomic E-state index is -0.952. The molecular weight excluding hydrogens is 468 g/mol. The third-order valence-electron chi connectivity index (χ3n) is 6.75. The second-order valence-corrected chi connectivity index (χ2v) is 9.71. The van der Waals surface area contributed by atoms with Crippen molar-refractivity contribution in [3.05, 3.63) is 112 Å². The van der Waals surface area contributed by atoms with E-state index in [9.17, 15) is 9.90 Å². The van der Waals surface area contributed by atoms with Crippen LogP contribution in [0.1, 0.15) is 56.2 Å². The van der Waals surface area contributed by atoms with Gasteiger partial charge in [-0.3, -0.25) is 4.98 Å². The van der Waals surface area contributed by atoms with E-state index in [0.29, 0.717) is 10.8 Å². The first kappa shape index (κ1) is 23.8. The van der Waals surface area contributed by atoms with E-state index in [-0.39, 0.29) is 17.6 Å². The number of pyridine rings is 1. The molecule has 6 nitrogen and oxygen atoms in total. The fourth-order valence-corrected chi connectivity index (χ4v) is 5.69. The number of rotatable bonds is 5. The molecule has 2 atom stereocenters. The van der Waals surface area contributed by atoms with Crippen LogP contribution in [0.5, 0.6) is 0 Å². The number of aromatic carboxylic acids is 1. The molecule has 1 saturated heterocycles. The van der Waals surface area contributed by atoms with Crippen LogP contribution in [0.4, 0.5) is 5.69 Å². The Hall–Kier alpha value is -3.97. The largest absolute Gasteiger partial charge is 0.478 e. The number of carboxylic acids is 1. The zero-order valence-corrected chi connectivity index (χ0v) is 21.5.